The molecule has 1 atom stereocenters. The molecule has 1 unspecified atom stereocenters. The zero-order valence-corrected chi connectivity index (χ0v) is 14.8. The van der Waals surface area contributed by atoms with Crippen LogP contribution in [0.4, 0.5) is 0 Å². The first kappa shape index (κ1) is 17.3. The van der Waals surface area contributed by atoms with Gasteiger partial charge < -0.3 is 14.2 Å². The highest BCUT2D eigenvalue weighted by molar-refractivity contribution is 5.84. The average Bonchev–Trinajstić information content (AvgIpc) is 2.67. The van der Waals surface area contributed by atoms with Crippen LogP contribution >= 0.6 is 0 Å². The van der Waals surface area contributed by atoms with Crippen molar-refractivity contribution in [2.75, 3.05) is 27.9 Å². The summed E-state index contributed by atoms with van der Waals surface area (Å²) in [6, 6.07) is 13.8. The Labute approximate surface area is 147 Å². The molecule has 0 saturated carbocycles. The van der Waals surface area contributed by atoms with Gasteiger partial charge in [0, 0.05) is 13.0 Å². The van der Waals surface area contributed by atoms with Crippen molar-refractivity contribution in [3.05, 3.63) is 59.2 Å². The van der Waals surface area contributed by atoms with Gasteiger partial charge in [-0.15, -0.1) is 0 Å². The zero-order chi connectivity index (χ0) is 17.9. The first-order chi connectivity index (χ1) is 12.1. The molecule has 132 valence electrons. The van der Waals surface area contributed by atoms with E-state index in [-0.39, 0.29) is 5.97 Å². The molecule has 1 heterocycles. The number of esters is 1. The van der Waals surface area contributed by atoms with Gasteiger partial charge in [0.25, 0.3) is 0 Å². The van der Waals surface area contributed by atoms with Crippen LogP contribution in [0.3, 0.4) is 0 Å². The summed E-state index contributed by atoms with van der Waals surface area (Å²) in [5, 5.41) is 3.41. The molecule has 5 nitrogen and oxygen atoms in total. The second-order valence-electron chi connectivity index (χ2n) is 6.10. The standard InChI is InChI=1S/C20H23NO4/c1-23-17-11-15-9-10-21-20(19(22)25-3,16(15)12-18(17)24-2)13-14-7-5-4-6-8-14/h4-8,11-12,21H,9-10,13H2,1-3H3. The van der Waals surface area contributed by atoms with Gasteiger partial charge in [-0.1, -0.05) is 30.3 Å². The Bertz CT molecular complexity index is 760. The molecule has 0 aliphatic carbocycles. The van der Waals surface area contributed by atoms with E-state index in [2.05, 4.69) is 5.32 Å². The maximum atomic E-state index is 12.9. The highest BCUT2D eigenvalue weighted by Gasteiger charge is 2.45. The number of methoxy groups -OCH3 is 3. The van der Waals surface area contributed by atoms with Gasteiger partial charge in [-0.05, 0) is 35.2 Å². The predicted octanol–water partition coefficient (Wildman–Crippen LogP) is 2.46. The van der Waals surface area contributed by atoms with Gasteiger partial charge in [0.15, 0.2) is 11.5 Å². The van der Waals surface area contributed by atoms with Gasteiger partial charge in [-0.2, -0.15) is 0 Å². The van der Waals surface area contributed by atoms with Crippen LogP contribution in [-0.4, -0.2) is 33.8 Å². The molecule has 3 rings (SSSR count). The lowest BCUT2D eigenvalue weighted by Crippen LogP contribution is -2.55. The van der Waals surface area contributed by atoms with Gasteiger partial charge in [0.05, 0.1) is 21.3 Å². The van der Waals surface area contributed by atoms with Crippen LogP contribution in [0.5, 0.6) is 11.5 Å². The van der Waals surface area contributed by atoms with Crippen LogP contribution in [0.25, 0.3) is 0 Å². The fourth-order valence-corrected chi connectivity index (χ4v) is 3.52. The number of carbonyl (C=O) groups is 1. The summed E-state index contributed by atoms with van der Waals surface area (Å²) >= 11 is 0. The fraction of sp³-hybridized carbons (Fsp3) is 0.350. The average molecular weight is 341 g/mol. The summed E-state index contributed by atoms with van der Waals surface area (Å²) in [6.07, 6.45) is 1.31. The number of nitrogens with one attached hydrogen (secondary N) is 1. The monoisotopic (exact) mass is 341 g/mol. The van der Waals surface area contributed by atoms with Gasteiger partial charge >= 0.3 is 5.97 Å². The fourth-order valence-electron chi connectivity index (χ4n) is 3.52. The largest absolute Gasteiger partial charge is 0.493 e. The molecule has 0 amide bonds. The third kappa shape index (κ3) is 3.07. The quantitative estimate of drug-likeness (QED) is 0.847. The second-order valence-corrected chi connectivity index (χ2v) is 6.10. The topological polar surface area (TPSA) is 56.8 Å². The molecule has 0 fully saturated rings. The molecular formula is C20H23NO4. The Hall–Kier alpha value is -2.53. The number of benzene rings is 2. The minimum absolute atomic E-state index is 0.301. The maximum absolute atomic E-state index is 12.9. The van der Waals surface area contributed by atoms with Crippen molar-refractivity contribution in [1.29, 1.82) is 0 Å². The number of carbonyl (C=O) groups excluding carboxylic acids is 1. The van der Waals surface area contributed by atoms with Gasteiger partial charge in [-0.25, -0.2) is 4.79 Å². The van der Waals surface area contributed by atoms with E-state index in [1.807, 2.05) is 42.5 Å². The number of hydrogen-bond donors (Lipinski definition) is 1. The zero-order valence-electron chi connectivity index (χ0n) is 14.8. The van der Waals surface area contributed by atoms with E-state index < -0.39 is 5.54 Å². The highest BCUT2D eigenvalue weighted by atomic mass is 16.5. The molecule has 1 aliphatic rings. The van der Waals surface area contributed by atoms with E-state index in [0.717, 1.165) is 23.1 Å². The minimum Gasteiger partial charge on any atom is -0.493 e. The smallest absolute Gasteiger partial charge is 0.331 e. The maximum Gasteiger partial charge on any atom is 0.331 e. The Morgan fingerprint density at radius 2 is 1.76 bits per heavy atom. The lowest BCUT2D eigenvalue weighted by molar-refractivity contribution is -0.149. The summed E-state index contributed by atoms with van der Waals surface area (Å²) in [5.74, 6) is 0.970. The molecule has 2 aromatic rings. The van der Waals surface area contributed by atoms with Gasteiger partial charge in [0.1, 0.15) is 5.54 Å². The van der Waals surface area contributed by atoms with Crippen LogP contribution in [-0.2, 0) is 27.9 Å². The van der Waals surface area contributed by atoms with E-state index in [0.29, 0.717) is 24.5 Å². The first-order valence-corrected chi connectivity index (χ1v) is 8.27. The van der Waals surface area contributed by atoms with Gasteiger partial charge in [-0.3, -0.25) is 5.32 Å². The van der Waals surface area contributed by atoms with Crippen molar-refractivity contribution in [2.24, 2.45) is 0 Å². The summed E-state index contributed by atoms with van der Waals surface area (Å²) < 4.78 is 16.0. The summed E-state index contributed by atoms with van der Waals surface area (Å²) in [5.41, 5.74) is 2.07. The number of rotatable bonds is 5. The molecule has 0 spiro atoms. The Kier molecular flexibility index (Phi) is 4.95. The third-order valence-corrected chi connectivity index (χ3v) is 4.74. The van der Waals surface area contributed by atoms with Crippen molar-refractivity contribution in [3.8, 4) is 11.5 Å². The van der Waals surface area contributed by atoms with E-state index in [1.54, 1.807) is 14.2 Å². The van der Waals surface area contributed by atoms with Crippen LogP contribution in [0.1, 0.15) is 16.7 Å². The Balaban J connectivity index is 2.16. The van der Waals surface area contributed by atoms with Crippen LogP contribution in [0.2, 0.25) is 0 Å². The Morgan fingerprint density at radius 3 is 2.40 bits per heavy atom. The van der Waals surface area contributed by atoms with Crippen LogP contribution in [0, 0.1) is 0 Å². The van der Waals surface area contributed by atoms with E-state index >= 15 is 0 Å². The summed E-state index contributed by atoms with van der Waals surface area (Å²) in [4.78, 5) is 12.9. The summed E-state index contributed by atoms with van der Waals surface area (Å²) in [6.45, 7) is 0.685. The summed E-state index contributed by atoms with van der Waals surface area (Å²) in [7, 11) is 4.63. The van der Waals surface area contributed by atoms with E-state index in [9.17, 15) is 4.79 Å². The van der Waals surface area contributed by atoms with Crippen molar-refractivity contribution in [2.45, 2.75) is 18.4 Å². The molecular weight excluding hydrogens is 318 g/mol. The Morgan fingerprint density at radius 1 is 1.08 bits per heavy atom. The molecule has 5 heteroatoms. The number of hydrogen-bond acceptors (Lipinski definition) is 5. The van der Waals surface area contributed by atoms with Gasteiger partial charge in [0.2, 0.25) is 0 Å². The number of ether oxygens (including phenoxy) is 3. The van der Waals surface area contributed by atoms with Crippen molar-refractivity contribution in [3.63, 3.8) is 0 Å². The van der Waals surface area contributed by atoms with Crippen molar-refractivity contribution in [1.82, 2.24) is 5.32 Å². The van der Waals surface area contributed by atoms with Crippen LogP contribution < -0.4 is 14.8 Å². The molecule has 0 aromatic heterocycles. The lowest BCUT2D eigenvalue weighted by atomic mass is 9.78. The molecule has 2 aromatic carbocycles. The molecule has 0 radical (unpaired) electrons. The third-order valence-electron chi connectivity index (χ3n) is 4.74. The SMILES string of the molecule is COC(=O)C1(Cc2ccccc2)NCCc2cc(OC)c(OC)cc21. The first-order valence-electron chi connectivity index (χ1n) is 8.27. The van der Waals surface area contributed by atoms with Crippen LogP contribution in [0.15, 0.2) is 42.5 Å². The molecule has 1 N–H and O–H groups in total. The van der Waals surface area contributed by atoms with E-state index in [1.165, 1.54) is 7.11 Å². The minimum atomic E-state index is -0.941. The molecule has 1 aliphatic heterocycles. The second kappa shape index (κ2) is 7.15. The normalized spacial score (nSPS) is 19.0. The van der Waals surface area contributed by atoms with Crippen molar-refractivity contribution >= 4 is 5.97 Å². The van der Waals surface area contributed by atoms with E-state index in [4.69, 9.17) is 14.2 Å². The number of fused-ring (bicyclic) bond motifs is 1. The lowest BCUT2D eigenvalue weighted by Gasteiger charge is -2.38. The molecule has 0 bridgehead atoms. The van der Waals surface area contributed by atoms with Crippen molar-refractivity contribution < 1.29 is 19.0 Å². The molecule has 0 saturated heterocycles. The molecule has 25 heavy (non-hydrogen) atoms. The highest BCUT2D eigenvalue weighted by Crippen LogP contribution is 2.39. The predicted molar refractivity (Wildman–Crippen MR) is 95.1 cm³/mol.